The van der Waals surface area contributed by atoms with Crippen molar-refractivity contribution in [3.05, 3.63) is 59.7 Å². The summed E-state index contributed by atoms with van der Waals surface area (Å²) in [4.78, 5) is 12.0. The first kappa shape index (κ1) is 23.1. The molecule has 0 atom stereocenters. The van der Waals surface area contributed by atoms with Crippen LogP contribution in [0.3, 0.4) is 0 Å². The second-order valence-corrected chi connectivity index (χ2v) is 9.72. The molecule has 0 spiro atoms. The maximum absolute atomic E-state index is 12.7. The molecule has 0 heterocycles. The maximum atomic E-state index is 12.7. The molecule has 10 heteroatoms. The zero-order chi connectivity index (χ0) is 21.5. The van der Waals surface area contributed by atoms with E-state index < -0.39 is 23.5 Å². The zero-order valence-electron chi connectivity index (χ0n) is 16.5. The van der Waals surface area contributed by atoms with Gasteiger partial charge in [0.15, 0.2) is 0 Å². The topological polar surface area (TPSA) is 111 Å². The molecule has 8 nitrogen and oxygen atoms in total. The Hall–Kier alpha value is -2.19. The van der Waals surface area contributed by atoms with Gasteiger partial charge in [-0.15, -0.1) is 0 Å². The second-order valence-electron chi connectivity index (χ2n) is 5.98. The van der Waals surface area contributed by atoms with E-state index in [0.29, 0.717) is 5.56 Å². The smallest absolute Gasteiger partial charge is 0.335 e. The Morgan fingerprint density at radius 3 is 2.14 bits per heavy atom. The number of anilines is 1. The van der Waals surface area contributed by atoms with E-state index in [0.717, 1.165) is 0 Å². The van der Waals surface area contributed by atoms with Crippen LogP contribution in [0.2, 0.25) is 0 Å². The van der Waals surface area contributed by atoms with Gasteiger partial charge in [0.25, 0.3) is 15.9 Å². The Labute approximate surface area is 171 Å². The second kappa shape index (κ2) is 10.0. The fourth-order valence-electron chi connectivity index (χ4n) is 2.63. The number of hydrogen-bond acceptors (Lipinski definition) is 6. The molecular weight excluding hydrogens is 415 g/mol. The largest absolute Gasteiger partial charge is 0.355 e. The highest BCUT2D eigenvalue weighted by atomic mass is 32.2. The summed E-state index contributed by atoms with van der Waals surface area (Å²) in [5.74, 6) is -0.402. The van der Waals surface area contributed by atoms with Gasteiger partial charge in [-0.1, -0.05) is 24.3 Å². The van der Waals surface area contributed by atoms with Crippen molar-refractivity contribution >= 4 is 29.2 Å². The Bertz CT molecular complexity index is 982. The fourth-order valence-corrected chi connectivity index (χ4v) is 5.41. The van der Waals surface area contributed by atoms with Gasteiger partial charge in [-0.3, -0.25) is 14.1 Å². The fraction of sp³-hybridized carbons (Fsp3) is 0.316. The quantitative estimate of drug-likeness (QED) is 0.546. The van der Waals surface area contributed by atoms with Gasteiger partial charge in [0.1, 0.15) is 0 Å². The number of sulfonamides is 1. The molecule has 2 rings (SSSR count). The predicted molar refractivity (Wildman–Crippen MR) is 112 cm³/mol. The number of amides is 1. The van der Waals surface area contributed by atoms with Crippen molar-refractivity contribution in [3.63, 3.8) is 0 Å². The molecule has 0 saturated heterocycles. The minimum atomic E-state index is -3.92. The first-order chi connectivity index (χ1) is 13.7. The molecular formula is C19H25N2O6PS. The number of nitrogens with one attached hydrogen (secondary N) is 2. The molecule has 29 heavy (non-hydrogen) atoms. The number of rotatable bonds is 10. The summed E-state index contributed by atoms with van der Waals surface area (Å²) in [5.41, 5.74) is 1.01. The molecule has 0 saturated carbocycles. The molecule has 2 N–H and O–H groups in total. The molecule has 0 bridgehead atoms. The van der Waals surface area contributed by atoms with Crippen LogP contribution in [-0.4, -0.2) is 34.6 Å². The minimum absolute atomic E-state index is 0.00983. The Morgan fingerprint density at radius 2 is 1.59 bits per heavy atom. The van der Waals surface area contributed by atoms with Crippen LogP contribution in [0, 0.1) is 0 Å². The lowest BCUT2D eigenvalue weighted by Gasteiger charge is -2.17. The number of benzene rings is 2. The summed E-state index contributed by atoms with van der Waals surface area (Å²) in [5, 5.41) is 2.47. The molecule has 0 radical (unpaired) electrons. The van der Waals surface area contributed by atoms with Gasteiger partial charge in [-0.2, -0.15) is 0 Å². The van der Waals surface area contributed by atoms with Gasteiger partial charge >= 0.3 is 7.60 Å². The van der Waals surface area contributed by atoms with Crippen molar-refractivity contribution in [3.8, 4) is 0 Å². The van der Waals surface area contributed by atoms with E-state index in [1.807, 2.05) is 0 Å². The SMILES string of the molecule is CCOP(=O)(Cc1ccc(S(=O)(=O)Nc2ccccc2C(=O)NC)cc1)OCC. The van der Waals surface area contributed by atoms with E-state index >= 15 is 0 Å². The van der Waals surface area contributed by atoms with E-state index in [1.54, 1.807) is 38.1 Å². The van der Waals surface area contributed by atoms with Crippen LogP contribution >= 0.6 is 7.60 Å². The lowest BCUT2D eigenvalue weighted by Crippen LogP contribution is -2.21. The molecule has 0 aliphatic rings. The Kier molecular flexibility index (Phi) is 7.98. The molecule has 2 aromatic rings. The van der Waals surface area contributed by atoms with Gasteiger partial charge in [0.05, 0.1) is 35.5 Å². The van der Waals surface area contributed by atoms with Gasteiger partial charge in [-0.25, -0.2) is 8.42 Å². The summed E-state index contributed by atoms with van der Waals surface area (Å²) >= 11 is 0. The standard InChI is InChI=1S/C19H25N2O6PS/c1-4-26-28(23,27-5-2)14-15-10-12-16(13-11-15)29(24,25)21-18-9-7-6-8-17(18)19(22)20-3/h6-13,21H,4-5,14H2,1-3H3,(H,20,22). The first-order valence-electron chi connectivity index (χ1n) is 9.05. The normalized spacial score (nSPS) is 11.8. The average Bonchev–Trinajstić information content (AvgIpc) is 2.68. The minimum Gasteiger partial charge on any atom is -0.355 e. The summed E-state index contributed by atoms with van der Waals surface area (Å²) in [7, 11) is -5.73. The molecule has 0 aromatic heterocycles. The van der Waals surface area contributed by atoms with E-state index in [4.69, 9.17) is 9.05 Å². The monoisotopic (exact) mass is 440 g/mol. The van der Waals surface area contributed by atoms with Crippen LogP contribution in [0.15, 0.2) is 53.4 Å². The Morgan fingerprint density at radius 1 is 1.00 bits per heavy atom. The average molecular weight is 440 g/mol. The highest BCUT2D eigenvalue weighted by Crippen LogP contribution is 2.51. The van der Waals surface area contributed by atoms with Gasteiger partial charge in [0, 0.05) is 7.05 Å². The zero-order valence-corrected chi connectivity index (χ0v) is 18.3. The van der Waals surface area contributed by atoms with Gasteiger partial charge in [-0.05, 0) is 43.7 Å². The Balaban J connectivity index is 2.23. The molecule has 0 aliphatic heterocycles. The molecule has 0 unspecified atom stereocenters. The van der Waals surface area contributed by atoms with Crippen LogP contribution in [0.4, 0.5) is 5.69 Å². The molecule has 0 fully saturated rings. The lowest BCUT2D eigenvalue weighted by molar-refractivity contribution is 0.0964. The van der Waals surface area contributed by atoms with Crippen molar-refractivity contribution in [2.45, 2.75) is 24.9 Å². The van der Waals surface area contributed by atoms with E-state index in [1.165, 1.54) is 31.3 Å². The summed E-state index contributed by atoms with van der Waals surface area (Å²) in [6.07, 6.45) is 0.0436. The molecule has 158 valence electrons. The molecule has 0 aliphatic carbocycles. The van der Waals surface area contributed by atoms with Gasteiger partial charge in [0.2, 0.25) is 0 Å². The van der Waals surface area contributed by atoms with E-state index in [-0.39, 0.29) is 35.5 Å². The van der Waals surface area contributed by atoms with Crippen LogP contribution < -0.4 is 10.0 Å². The lowest BCUT2D eigenvalue weighted by atomic mass is 10.2. The number of carbonyl (C=O) groups excluding carboxylic acids is 1. The van der Waals surface area contributed by atoms with Crippen molar-refractivity contribution in [2.75, 3.05) is 25.0 Å². The third kappa shape index (κ3) is 6.14. The summed E-state index contributed by atoms with van der Waals surface area (Å²) < 4.78 is 51.0. The van der Waals surface area contributed by atoms with Crippen molar-refractivity contribution in [1.82, 2.24) is 5.32 Å². The van der Waals surface area contributed by atoms with Crippen LogP contribution in [0.5, 0.6) is 0 Å². The number of para-hydroxylation sites is 1. The highest BCUT2D eigenvalue weighted by Gasteiger charge is 2.24. The highest BCUT2D eigenvalue weighted by molar-refractivity contribution is 7.92. The van der Waals surface area contributed by atoms with E-state index in [2.05, 4.69) is 10.0 Å². The van der Waals surface area contributed by atoms with Crippen molar-refractivity contribution < 1.29 is 26.8 Å². The predicted octanol–water partition coefficient (Wildman–Crippen LogP) is 3.61. The number of hydrogen-bond donors (Lipinski definition) is 2. The van der Waals surface area contributed by atoms with Gasteiger partial charge < -0.3 is 14.4 Å². The summed E-state index contributed by atoms with van der Waals surface area (Å²) in [6.45, 7) is 3.95. The molecule has 1 amide bonds. The van der Waals surface area contributed by atoms with Crippen molar-refractivity contribution in [1.29, 1.82) is 0 Å². The van der Waals surface area contributed by atoms with Crippen molar-refractivity contribution in [2.24, 2.45) is 0 Å². The third-order valence-corrected chi connectivity index (χ3v) is 7.34. The first-order valence-corrected chi connectivity index (χ1v) is 12.3. The van der Waals surface area contributed by atoms with E-state index in [9.17, 15) is 17.8 Å². The van der Waals surface area contributed by atoms with Crippen LogP contribution in [0.25, 0.3) is 0 Å². The third-order valence-electron chi connectivity index (χ3n) is 3.90. The number of carbonyl (C=O) groups is 1. The van der Waals surface area contributed by atoms with Crippen LogP contribution in [0.1, 0.15) is 29.8 Å². The maximum Gasteiger partial charge on any atom is 0.335 e. The van der Waals surface area contributed by atoms with Crippen LogP contribution in [-0.2, 0) is 29.8 Å². The molecule has 2 aromatic carbocycles. The summed E-state index contributed by atoms with van der Waals surface area (Å²) in [6, 6.07) is 12.2.